The molecule has 1 unspecified atom stereocenters. The minimum Gasteiger partial charge on any atom is -0.480 e. The molecule has 1 aromatic rings. The predicted molar refractivity (Wildman–Crippen MR) is 84.9 cm³/mol. The molecule has 1 rings (SSSR count). The normalized spacial score (nSPS) is 13.4. The van der Waals surface area contributed by atoms with Gasteiger partial charge in [-0.05, 0) is 57.3 Å². The van der Waals surface area contributed by atoms with Gasteiger partial charge in [-0.2, -0.15) is 0 Å². The van der Waals surface area contributed by atoms with Gasteiger partial charge >= 0.3 is 12.0 Å². The molecular weight excluding hydrogens is 392 g/mol. The van der Waals surface area contributed by atoms with Crippen molar-refractivity contribution >= 4 is 49.5 Å². The molecule has 0 aliphatic rings. The number of urea groups is 1. The van der Waals surface area contributed by atoms with Crippen LogP contribution in [0.1, 0.15) is 26.7 Å². The minimum absolute atomic E-state index is 0.354. The largest absolute Gasteiger partial charge is 0.480 e. The van der Waals surface area contributed by atoms with E-state index in [9.17, 15) is 14.7 Å². The topological polar surface area (TPSA) is 78.4 Å². The summed E-state index contributed by atoms with van der Waals surface area (Å²) in [5.41, 5.74) is -0.735. The number of carbonyl (C=O) groups excluding carboxylic acids is 1. The van der Waals surface area contributed by atoms with Crippen molar-refractivity contribution in [2.45, 2.75) is 32.2 Å². The highest BCUT2D eigenvalue weighted by atomic mass is 79.9. The number of aliphatic carboxylic acids is 1. The molecule has 3 N–H and O–H groups in total. The molecule has 0 saturated carbocycles. The Labute approximate surface area is 134 Å². The Hall–Kier alpha value is -1.08. The van der Waals surface area contributed by atoms with Gasteiger partial charge in [-0.25, -0.2) is 9.59 Å². The molecule has 0 saturated heterocycles. The first kappa shape index (κ1) is 17.0. The number of carboxylic acids is 1. The molecule has 0 fully saturated rings. The summed E-state index contributed by atoms with van der Waals surface area (Å²) >= 11 is 6.65. The monoisotopic (exact) mass is 406 g/mol. The van der Waals surface area contributed by atoms with Crippen LogP contribution in [0.5, 0.6) is 0 Å². The third kappa shape index (κ3) is 4.21. The van der Waals surface area contributed by atoms with Crippen LogP contribution < -0.4 is 10.6 Å². The highest BCUT2D eigenvalue weighted by Crippen LogP contribution is 2.30. The summed E-state index contributed by atoms with van der Waals surface area (Å²) in [4.78, 5) is 23.3. The van der Waals surface area contributed by atoms with Crippen LogP contribution in [0.2, 0.25) is 0 Å². The van der Waals surface area contributed by atoms with E-state index in [2.05, 4.69) is 42.5 Å². The molecule has 0 bridgehead atoms. The van der Waals surface area contributed by atoms with Crippen LogP contribution in [0.15, 0.2) is 27.1 Å². The predicted octanol–water partition coefficient (Wildman–Crippen LogP) is 3.98. The van der Waals surface area contributed by atoms with Gasteiger partial charge < -0.3 is 15.7 Å². The van der Waals surface area contributed by atoms with Crippen molar-refractivity contribution in [3.8, 4) is 0 Å². The number of carboxylic acid groups (broad SMARTS) is 1. The molecule has 5 nitrogen and oxygen atoms in total. The summed E-state index contributed by atoms with van der Waals surface area (Å²) in [5, 5.41) is 14.4. The second kappa shape index (κ2) is 7.08. The third-order valence-electron chi connectivity index (χ3n) is 2.81. The highest BCUT2D eigenvalue weighted by molar-refractivity contribution is 9.11. The number of anilines is 1. The van der Waals surface area contributed by atoms with Crippen LogP contribution in [0.25, 0.3) is 0 Å². The maximum absolute atomic E-state index is 12.0. The van der Waals surface area contributed by atoms with Gasteiger partial charge in [0.25, 0.3) is 0 Å². The Balaban J connectivity index is 2.84. The third-order valence-corrected chi connectivity index (χ3v) is 4.13. The number of halogens is 2. The number of hydrogen-bond acceptors (Lipinski definition) is 2. The quantitative estimate of drug-likeness (QED) is 0.690. The number of benzene rings is 1. The van der Waals surface area contributed by atoms with E-state index in [-0.39, 0.29) is 0 Å². The van der Waals surface area contributed by atoms with E-state index in [0.717, 1.165) is 0 Å². The van der Waals surface area contributed by atoms with Gasteiger partial charge in [-0.15, -0.1) is 0 Å². The van der Waals surface area contributed by atoms with Crippen LogP contribution >= 0.6 is 31.9 Å². The van der Waals surface area contributed by atoms with Crippen molar-refractivity contribution in [3.63, 3.8) is 0 Å². The van der Waals surface area contributed by atoms with Crippen molar-refractivity contribution in [2.24, 2.45) is 0 Å². The fraction of sp³-hybridized carbons (Fsp3) is 0.385. The summed E-state index contributed by atoms with van der Waals surface area (Å²) in [6.45, 7) is 3.36. The van der Waals surface area contributed by atoms with Crippen molar-refractivity contribution in [2.75, 3.05) is 5.32 Å². The number of para-hydroxylation sites is 1. The summed E-state index contributed by atoms with van der Waals surface area (Å²) in [7, 11) is 0. The van der Waals surface area contributed by atoms with Crippen molar-refractivity contribution in [1.29, 1.82) is 0 Å². The van der Waals surface area contributed by atoms with Crippen LogP contribution in [-0.4, -0.2) is 22.6 Å². The molecule has 0 aliphatic carbocycles. The van der Waals surface area contributed by atoms with E-state index < -0.39 is 17.5 Å². The molecule has 2 amide bonds. The maximum atomic E-state index is 12.0. The summed E-state index contributed by atoms with van der Waals surface area (Å²) < 4.78 is 1.41. The zero-order valence-corrected chi connectivity index (χ0v) is 14.3. The smallest absolute Gasteiger partial charge is 0.329 e. The zero-order chi connectivity index (χ0) is 15.3. The first-order chi connectivity index (χ1) is 9.30. The molecule has 1 aromatic carbocycles. The molecule has 7 heteroatoms. The van der Waals surface area contributed by atoms with E-state index in [1.54, 1.807) is 12.1 Å². The van der Waals surface area contributed by atoms with E-state index >= 15 is 0 Å². The minimum atomic E-state index is -1.29. The second-order valence-corrected chi connectivity index (χ2v) is 6.27. The molecule has 1 atom stereocenters. The van der Waals surface area contributed by atoms with Crippen molar-refractivity contribution in [1.82, 2.24) is 5.32 Å². The molecule has 0 heterocycles. The van der Waals surface area contributed by atoms with E-state index in [1.807, 2.05) is 13.0 Å². The lowest BCUT2D eigenvalue weighted by atomic mass is 9.97. The van der Waals surface area contributed by atoms with Gasteiger partial charge in [0, 0.05) is 8.95 Å². The standard InChI is InChI=1S/C13H16Br2N2O3/c1-3-7-13(2,11(18)19)17-12(20)16-10-8(14)5-4-6-9(10)15/h4-6H,3,7H2,1-2H3,(H,18,19)(H2,16,17,20). The van der Waals surface area contributed by atoms with Gasteiger partial charge in [0.2, 0.25) is 0 Å². The van der Waals surface area contributed by atoms with Crippen LogP contribution in [0.3, 0.4) is 0 Å². The van der Waals surface area contributed by atoms with Crippen LogP contribution in [0, 0.1) is 0 Å². The molecule has 110 valence electrons. The van der Waals surface area contributed by atoms with Gasteiger partial charge in [-0.1, -0.05) is 19.4 Å². The number of rotatable bonds is 5. The molecular formula is C13H16Br2N2O3. The average molecular weight is 408 g/mol. The second-order valence-electron chi connectivity index (χ2n) is 4.56. The first-order valence-electron chi connectivity index (χ1n) is 6.06. The van der Waals surface area contributed by atoms with Crippen molar-refractivity contribution in [3.05, 3.63) is 27.1 Å². The lowest BCUT2D eigenvalue weighted by Gasteiger charge is -2.26. The molecule has 0 aromatic heterocycles. The number of nitrogens with one attached hydrogen (secondary N) is 2. The number of hydrogen-bond donors (Lipinski definition) is 3. The Bertz CT molecular complexity index is 502. The lowest BCUT2D eigenvalue weighted by molar-refractivity contribution is -0.143. The molecule has 0 spiro atoms. The average Bonchev–Trinajstić information content (AvgIpc) is 2.34. The van der Waals surface area contributed by atoms with E-state index in [4.69, 9.17) is 0 Å². The Morgan fingerprint density at radius 3 is 2.30 bits per heavy atom. The maximum Gasteiger partial charge on any atom is 0.329 e. The summed E-state index contributed by atoms with van der Waals surface area (Å²) in [5.74, 6) is -1.05. The van der Waals surface area contributed by atoms with Gasteiger partial charge in [0.05, 0.1) is 5.69 Å². The summed E-state index contributed by atoms with van der Waals surface area (Å²) in [6, 6.07) is 4.82. The zero-order valence-electron chi connectivity index (χ0n) is 11.2. The van der Waals surface area contributed by atoms with Crippen LogP contribution in [0.4, 0.5) is 10.5 Å². The lowest BCUT2D eigenvalue weighted by Crippen LogP contribution is -2.53. The molecule has 20 heavy (non-hydrogen) atoms. The molecule has 0 radical (unpaired) electrons. The fourth-order valence-electron chi connectivity index (χ4n) is 1.74. The fourth-order valence-corrected chi connectivity index (χ4v) is 2.93. The highest BCUT2D eigenvalue weighted by Gasteiger charge is 2.34. The van der Waals surface area contributed by atoms with Gasteiger partial charge in [0.15, 0.2) is 0 Å². The Kier molecular flexibility index (Phi) is 6.01. The Morgan fingerprint density at radius 1 is 1.30 bits per heavy atom. The van der Waals surface area contributed by atoms with Gasteiger partial charge in [0.1, 0.15) is 5.54 Å². The number of carbonyl (C=O) groups is 2. The summed E-state index contributed by atoms with van der Waals surface area (Å²) in [6.07, 6.45) is 1.01. The van der Waals surface area contributed by atoms with E-state index in [1.165, 1.54) is 6.92 Å². The van der Waals surface area contributed by atoms with Crippen LogP contribution in [-0.2, 0) is 4.79 Å². The first-order valence-corrected chi connectivity index (χ1v) is 7.65. The SMILES string of the molecule is CCCC(C)(NC(=O)Nc1c(Br)cccc1Br)C(=O)O. The van der Waals surface area contributed by atoms with Gasteiger partial charge in [-0.3, -0.25) is 0 Å². The molecule has 0 aliphatic heterocycles. The Morgan fingerprint density at radius 2 is 1.85 bits per heavy atom. The van der Waals surface area contributed by atoms with Crippen molar-refractivity contribution < 1.29 is 14.7 Å². The number of amides is 2. The van der Waals surface area contributed by atoms with E-state index in [0.29, 0.717) is 27.5 Å².